The van der Waals surface area contributed by atoms with Gasteiger partial charge in [-0.25, -0.2) is 0 Å². The number of carbonyl (C=O) groups excluding carboxylic acids is 3. The van der Waals surface area contributed by atoms with E-state index in [1.807, 2.05) is 66.4 Å². The molecule has 5 nitrogen and oxygen atoms in total. The Kier molecular flexibility index (Phi) is 4.77. The van der Waals surface area contributed by atoms with Gasteiger partial charge in [-0.05, 0) is 61.4 Å². The van der Waals surface area contributed by atoms with Gasteiger partial charge in [-0.2, -0.15) is 0 Å². The van der Waals surface area contributed by atoms with Crippen LogP contribution in [0.5, 0.6) is 0 Å². The smallest absolute Gasteiger partial charge is 0.238 e. The Bertz CT molecular complexity index is 1440. The number of nitrogens with zero attached hydrogens (tertiary/aromatic N) is 1. The minimum Gasteiger partial charge on any atom is -0.352 e. The van der Waals surface area contributed by atoms with E-state index >= 15 is 0 Å². The molecule has 3 aliphatic heterocycles. The number of benzene rings is 3. The number of nitrogens with one attached hydrogen (secondary N) is 1. The quantitative estimate of drug-likeness (QED) is 0.520. The largest absolute Gasteiger partial charge is 0.352 e. The molecule has 1 saturated heterocycles. The molecule has 0 bridgehead atoms. The zero-order valence-electron chi connectivity index (χ0n) is 19.3. The zero-order valence-corrected chi connectivity index (χ0v) is 20.0. The summed E-state index contributed by atoms with van der Waals surface area (Å²) in [5.41, 5.74) is 3.46. The third-order valence-corrected chi connectivity index (χ3v) is 7.88. The summed E-state index contributed by atoms with van der Waals surface area (Å²) < 4.78 is 0. The minimum absolute atomic E-state index is 0.192. The third kappa shape index (κ3) is 2.91. The van der Waals surface area contributed by atoms with Crippen molar-refractivity contribution in [2.24, 2.45) is 5.92 Å². The standard InChI is InChI=1S/C29H23ClN2O3/c1-16-7-13-22-21(15-16)29(28(35)31-22)24-14-10-18-5-3-4-6-23(18)32(24)26(25(29)17(2)33)27(34)19-8-11-20(30)12-9-19/h3-15,24-26H,1-2H3,(H,31,35)/t24?,25-,26+,29-/m0/s1. The lowest BCUT2D eigenvalue weighted by Crippen LogP contribution is -2.51. The van der Waals surface area contributed by atoms with Gasteiger partial charge in [-0.3, -0.25) is 14.4 Å². The van der Waals surface area contributed by atoms with Crippen LogP contribution in [0.4, 0.5) is 11.4 Å². The molecule has 35 heavy (non-hydrogen) atoms. The second kappa shape index (κ2) is 7.65. The van der Waals surface area contributed by atoms with Crippen LogP contribution < -0.4 is 10.2 Å². The number of aryl methyl sites for hydroxylation is 1. The van der Waals surface area contributed by atoms with Gasteiger partial charge >= 0.3 is 0 Å². The molecular formula is C29H23ClN2O3. The van der Waals surface area contributed by atoms with E-state index in [1.54, 1.807) is 24.3 Å². The molecule has 4 atom stereocenters. The van der Waals surface area contributed by atoms with Crippen LogP contribution in [0.1, 0.15) is 34.0 Å². The van der Waals surface area contributed by atoms with Crippen LogP contribution in [0.2, 0.25) is 5.02 Å². The van der Waals surface area contributed by atoms with Gasteiger partial charge in [0.05, 0.1) is 12.0 Å². The van der Waals surface area contributed by atoms with Gasteiger partial charge in [0.25, 0.3) is 0 Å². The molecule has 1 unspecified atom stereocenters. The maximum absolute atomic E-state index is 14.2. The Labute approximate surface area is 208 Å². The Balaban J connectivity index is 1.65. The second-order valence-corrected chi connectivity index (χ2v) is 9.98. The van der Waals surface area contributed by atoms with Crippen molar-refractivity contribution in [2.75, 3.05) is 10.2 Å². The van der Waals surface area contributed by atoms with Crippen molar-refractivity contribution >= 4 is 46.5 Å². The van der Waals surface area contributed by atoms with Crippen molar-refractivity contribution in [3.05, 3.63) is 100 Å². The number of amides is 1. The lowest BCUT2D eigenvalue weighted by molar-refractivity contribution is -0.130. The summed E-state index contributed by atoms with van der Waals surface area (Å²) in [6.45, 7) is 3.46. The van der Waals surface area contributed by atoms with Crippen molar-refractivity contribution in [1.29, 1.82) is 0 Å². The van der Waals surface area contributed by atoms with Gasteiger partial charge < -0.3 is 10.2 Å². The van der Waals surface area contributed by atoms with Crippen LogP contribution in [-0.4, -0.2) is 29.6 Å². The van der Waals surface area contributed by atoms with Crippen LogP contribution in [0.25, 0.3) is 6.08 Å². The summed E-state index contributed by atoms with van der Waals surface area (Å²) in [4.78, 5) is 43.6. The van der Waals surface area contributed by atoms with E-state index in [0.29, 0.717) is 16.3 Å². The van der Waals surface area contributed by atoms with Crippen molar-refractivity contribution in [3.63, 3.8) is 0 Å². The Morgan fingerprint density at radius 3 is 2.51 bits per heavy atom. The first kappa shape index (κ1) is 21.8. The monoisotopic (exact) mass is 482 g/mol. The fourth-order valence-electron chi connectivity index (χ4n) is 6.25. The Morgan fingerprint density at radius 1 is 1.03 bits per heavy atom. The van der Waals surface area contributed by atoms with Crippen molar-refractivity contribution in [3.8, 4) is 0 Å². The first-order chi connectivity index (χ1) is 16.8. The third-order valence-electron chi connectivity index (χ3n) is 7.63. The van der Waals surface area contributed by atoms with E-state index in [4.69, 9.17) is 11.6 Å². The number of hydrogen-bond donors (Lipinski definition) is 1. The highest BCUT2D eigenvalue weighted by molar-refractivity contribution is 6.30. The molecule has 6 heteroatoms. The molecule has 0 radical (unpaired) electrons. The summed E-state index contributed by atoms with van der Waals surface area (Å²) in [6, 6.07) is 18.9. The predicted molar refractivity (Wildman–Crippen MR) is 137 cm³/mol. The highest BCUT2D eigenvalue weighted by Crippen LogP contribution is 2.57. The number of carbonyl (C=O) groups is 3. The molecule has 1 spiro atoms. The summed E-state index contributed by atoms with van der Waals surface area (Å²) in [5.74, 6) is -1.52. The SMILES string of the molecule is CC(=O)[C@H]1[C@H](C(=O)c2ccc(Cl)cc2)N2c3ccccc3C=CC2[C@]12C(=O)Nc1ccc(C)cc12. The number of ketones is 2. The summed E-state index contributed by atoms with van der Waals surface area (Å²) in [5, 5.41) is 3.55. The predicted octanol–water partition coefficient (Wildman–Crippen LogP) is 5.21. The minimum atomic E-state index is -1.23. The molecule has 0 aliphatic carbocycles. The molecule has 1 N–H and O–H groups in total. The van der Waals surface area contributed by atoms with Gasteiger partial charge in [0.1, 0.15) is 17.2 Å². The van der Waals surface area contributed by atoms with Crippen LogP contribution in [0.3, 0.4) is 0 Å². The van der Waals surface area contributed by atoms with Gasteiger partial charge in [-0.15, -0.1) is 0 Å². The molecule has 3 heterocycles. The van der Waals surface area contributed by atoms with Crippen molar-refractivity contribution in [2.45, 2.75) is 31.3 Å². The fourth-order valence-corrected chi connectivity index (χ4v) is 6.38. The van der Waals surface area contributed by atoms with E-state index in [2.05, 4.69) is 5.32 Å². The maximum Gasteiger partial charge on any atom is 0.238 e. The molecule has 6 rings (SSSR count). The zero-order chi connectivity index (χ0) is 24.5. The van der Waals surface area contributed by atoms with E-state index < -0.39 is 23.4 Å². The lowest BCUT2D eigenvalue weighted by atomic mass is 9.65. The van der Waals surface area contributed by atoms with Crippen molar-refractivity contribution < 1.29 is 14.4 Å². The van der Waals surface area contributed by atoms with Gasteiger partial charge in [-0.1, -0.05) is 59.6 Å². The average molecular weight is 483 g/mol. The molecule has 174 valence electrons. The maximum atomic E-state index is 14.2. The number of rotatable bonds is 3. The first-order valence-electron chi connectivity index (χ1n) is 11.6. The average Bonchev–Trinajstić information content (AvgIpc) is 3.32. The second-order valence-electron chi connectivity index (χ2n) is 9.55. The Hall–Kier alpha value is -3.70. The number of hydrogen-bond acceptors (Lipinski definition) is 4. The molecule has 0 aromatic heterocycles. The van der Waals surface area contributed by atoms with Crippen LogP contribution in [0, 0.1) is 12.8 Å². The van der Waals surface area contributed by atoms with Crippen LogP contribution >= 0.6 is 11.6 Å². The summed E-state index contributed by atoms with van der Waals surface area (Å²) in [7, 11) is 0. The molecule has 1 amide bonds. The normalized spacial score (nSPS) is 25.7. The van der Waals surface area contributed by atoms with Gasteiger partial charge in [0.15, 0.2) is 5.78 Å². The highest BCUT2D eigenvalue weighted by atomic mass is 35.5. The number of anilines is 2. The molecular weight excluding hydrogens is 460 g/mol. The van der Waals surface area contributed by atoms with Gasteiger partial charge in [0.2, 0.25) is 5.91 Å². The van der Waals surface area contributed by atoms with Crippen LogP contribution in [-0.2, 0) is 15.0 Å². The first-order valence-corrected chi connectivity index (χ1v) is 12.0. The topological polar surface area (TPSA) is 66.5 Å². The molecule has 3 aromatic carbocycles. The van der Waals surface area contributed by atoms with E-state index in [0.717, 1.165) is 22.4 Å². The van der Waals surface area contributed by atoms with Gasteiger partial charge in [0, 0.05) is 22.0 Å². The summed E-state index contributed by atoms with van der Waals surface area (Å²) >= 11 is 6.08. The molecule has 3 aliphatic rings. The van der Waals surface area contributed by atoms with E-state index in [9.17, 15) is 14.4 Å². The summed E-state index contributed by atoms with van der Waals surface area (Å²) in [6.07, 6.45) is 3.97. The number of halogens is 1. The van der Waals surface area contributed by atoms with Crippen molar-refractivity contribution in [1.82, 2.24) is 0 Å². The highest BCUT2D eigenvalue weighted by Gasteiger charge is 2.69. The fraction of sp³-hybridized carbons (Fsp3) is 0.207. The number of para-hydroxylation sites is 1. The van der Waals surface area contributed by atoms with E-state index in [1.165, 1.54) is 6.92 Å². The number of fused-ring (bicyclic) bond motifs is 6. The lowest BCUT2D eigenvalue weighted by Gasteiger charge is -2.37. The van der Waals surface area contributed by atoms with Crippen LogP contribution in [0.15, 0.2) is 72.8 Å². The number of Topliss-reactive ketones (excluding diaryl/α,β-unsaturated/α-hetero) is 2. The molecule has 3 aromatic rings. The Morgan fingerprint density at radius 2 is 1.77 bits per heavy atom. The van der Waals surface area contributed by atoms with E-state index in [-0.39, 0.29) is 17.5 Å². The molecule has 1 fully saturated rings. The molecule has 0 saturated carbocycles.